The molecule has 2 N–H and O–H groups in total. The first kappa shape index (κ1) is 14.7. The van der Waals surface area contributed by atoms with Crippen LogP contribution in [-0.2, 0) is 11.2 Å². The van der Waals surface area contributed by atoms with Crippen molar-refractivity contribution in [3.63, 3.8) is 0 Å². The minimum Gasteiger partial charge on any atom is -0.480 e. The van der Waals surface area contributed by atoms with Crippen molar-refractivity contribution in [3.05, 3.63) is 17.3 Å². The van der Waals surface area contributed by atoms with Gasteiger partial charge in [-0.05, 0) is 18.4 Å². The molecule has 108 valence electrons. The zero-order valence-corrected chi connectivity index (χ0v) is 12.7. The maximum atomic E-state index is 11.4. The third kappa shape index (κ3) is 2.90. The van der Waals surface area contributed by atoms with Gasteiger partial charge in [-0.1, -0.05) is 27.2 Å². The highest BCUT2D eigenvalue weighted by Gasteiger charge is 2.24. The van der Waals surface area contributed by atoms with Crippen LogP contribution in [0.3, 0.4) is 0 Å². The lowest BCUT2D eigenvalue weighted by Gasteiger charge is -2.20. The van der Waals surface area contributed by atoms with E-state index in [9.17, 15) is 9.90 Å². The second-order valence-electron chi connectivity index (χ2n) is 4.85. The van der Waals surface area contributed by atoms with E-state index in [0.717, 1.165) is 23.1 Å². The number of rotatable bonds is 6. The lowest BCUT2D eigenvalue weighted by atomic mass is 9.99. The molecule has 6 heteroatoms. The molecular weight excluding hydrogens is 274 g/mol. The Bertz CT molecular complexity index is 611. The summed E-state index contributed by atoms with van der Waals surface area (Å²) in [5.41, 5.74) is 0. The summed E-state index contributed by atoms with van der Waals surface area (Å²) in [5, 5.41) is 13.3. The van der Waals surface area contributed by atoms with E-state index in [2.05, 4.69) is 22.2 Å². The number of hydrogen-bond acceptors (Lipinski definition) is 5. The Kier molecular flexibility index (Phi) is 4.54. The molecule has 0 aliphatic heterocycles. The molecule has 2 heterocycles. The summed E-state index contributed by atoms with van der Waals surface area (Å²) in [6.45, 7) is 6.00. The SMILES string of the molecule is CCc1cc2c(N[C@@H](C(=O)O)[C@@H](C)CC)ncnc2s1. The fourth-order valence-corrected chi connectivity index (χ4v) is 2.96. The van der Waals surface area contributed by atoms with Crippen molar-refractivity contribution in [3.8, 4) is 0 Å². The van der Waals surface area contributed by atoms with E-state index in [1.807, 2.05) is 19.9 Å². The van der Waals surface area contributed by atoms with Gasteiger partial charge in [0.1, 0.15) is 23.0 Å². The zero-order valence-electron chi connectivity index (χ0n) is 11.9. The first-order valence-corrected chi connectivity index (χ1v) is 7.61. The van der Waals surface area contributed by atoms with Crippen LogP contribution >= 0.6 is 11.3 Å². The second kappa shape index (κ2) is 6.17. The average molecular weight is 293 g/mol. The van der Waals surface area contributed by atoms with Gasteiger partial charge >= 0.3 is 5.97 Å². The Morgan fingerprint density at radius 1 is 1.45 bits per heavy atom. The fraction of sp³-hybridized carbons (Fsp3) is 0.500. The molecule has 0 saturated heterocycles. The summed E-state index contributed by atoms with van der Waals surface area (Å²) >= 11 is 1.62. The van der Waals surface area contributed by atoms with Gasteiger partial charge in [0.15, 0.2) is 0 Å². The van der Waals surface area contributed by atoms with E-state index in [1.165, 1.54) is 11.2 Å². The summed E-state index contributed by atoms with van der Waals surface area (Å²) in [7, 11) is 0. The molecule has 0 bridgehead atoms. The number of carbonyl (C=O) groups is 1. The normalized spacial score (nSPS) is 14.2. The number of hydrogen-bond donors (Lipinski definition) is 2. The smallest absolute Gasteiger partial charge is 0.326 e. The average Bonchev–Trinajstić information content (AvgIpc) is 2.87. The van der Waals surface area contributed by atoms with Crippen LogP contribution in [0.2, 0.25) is 0 Å². The van der Waals surface area contributed by atoms with Crippen LogP contribution in [0.15, 0.2) is 12.4 Å². The van der Waals surface area contributed by atoms with Gasteiger partial charge in [-0.15, -0.1) is 11.3 Å². The van der Waals surface area contributed by atoms with Crippen molar-refractivity contribution in [2.45, 2.75) is 39.7 Å². The Morgan fingerprint density at radius 2 is 2.20 bits per heavy atom. The molecule has 0 aliphatic carbocycles. The molecule has 0 radical (unpaired) electrons. The Hall–Kier alpha value is -1.69. The van der Waals surface area contributed by atoms with Gasteiger partial charge in [0.2, 0.25) is 0 Å². The number of aliphatic carboxylic acids is 1. The number of carboxylic acid groups (broad SMARTS) is 1. The van der Waals surface area contributed by atoms with Crippen LogP contribution in [0.1, 0.15) is 32.1 Å². The monoisotopic (exact) mass is 293 g/mol. The topological polar surface area (TPSA) is 75.1 Å². The summed E-state index contributed by atoms with van der Waals surface area (Å²) in [6.07, 6.45) is 3.21. The molecule has 0 aromatic carbocycles. The molecule has 2 rings (SSSR count). The van der Waals surface area contributed by atoms with Crippen LogP contribution in [0.5, 0.6) is 0 Å². The highest BCUT2D eigenvalue weighted by Crippen LogP contribution is 2.29. The maximum absolute atomic E-state index is 11.4. The van der Waals surface area contributed by atoms with Gasteiger partial charge in [0, 0.05) is 4.88 Å². The van der Waals surface area contributed by atoms with Crippen molar-refractivity contribution < 1.29 is 9.90 Å². The molecule has 0 unspecified atom stereocenters. The van der Waals surface area contributed by atoms with E-state index < -0.39 is 12.0 Å². The first-order valence-electron chi connectivity index (χ1n) is 6.79. The Balaban J connectivity index is 2.36. The molecule has 0 spiro atoms. The molecule has 0 saturated carbocycles. The number of fused-ring (bicyclic) bond motifs is 1. The molecule has 0 fully saturated rings. The molecular formula is C14H19N3O2S. The minimum atomic E-state index is -0.850. The van der Waals surface area contributed by atoms with Crippen LogP contribution in [0, 0.1) is 5.92 Å². The van der Waals surface area contributed by atoms with Gasteiger partial charge in [0.25, 0.3) is 0 Å². The third-order valence-corrected chi connectivity index (χ3v) is 4.69. The van der Waals surface area contributed by atoms with Gasteiger partial charge in [-0.2, -0.15) is 0 Å². The molecule has 2 atom stereocenters. The summed E-state index contributed by atoms with van der Waals surface area (Å²) < 4.78 is 0. The predicted molar refractivity (Wildman–Crippen MR) is 81.3 cm³/mol. The van der Waals surface area contributed by atoms with Gasteiger partial charge < -0.3 is 10.4 Å². The van der Waals surface area contributed by atoms with Crippen molar-refractivity contribution >= 4 is 33.3 Å². The van der Waals surface area contributed by atoms with Crippen LogP contribution < -0.4 is 5.32 Å². The van der Waals surface area contributed by atoms with Crippen molar-refractivity contribution in [1.82, 2.24) is 9.97 Å². The largest absolute Gasteiger partial charge is 0.480 e. The van der Waals surface area contributed by atoms with E-state index in [4.69, 9.17) is 0 Å². The third-order valence-electron chi connectivity index (χ3n) is 3.50. The molecule has 0 amide bonds. The van der Waals surface area contributed by atoms with Crippen molar-refractivity contribution in [2.75, 3.05) is 5.32 Å². The second-order valence-corrected chi connectivity index (χ2v) is 5.97. The Labute approximate surface area is 122 Å². The molecule has 2 aromatic heterocycles. The highest BCUT2D eigenvalue weighted by atomic mass is 32.1. The summed E-state index contributed by atoms with van der Waals surface area (Å²) in [4.78, 5) is 22.0. The summed E-state index contributed by atoms with van der Waals surface area (Å²) in [5.74, 6) is -0.211. The number of nitrogens with one attached hydrogen (secondary N) is 1. The van der Waals surface area contributed by atoms with E-state index in [0.29, 0.717) is 5.82 Å². The standard InChI is InChI=1S/C14H19N3O2S/c1-4-8(3)11(14(18)19)17-12-10-6-9(5-2)20-13(10)16-7-15-12/h6-8,11H,4-5H2,1-3H3,(H,18,19)(H,15,16,17)/t8-,11+/m0/s1. The number of anilines is 1. The number of aryl methyl sites for hydroxylation is 1. The molecule has 5 nitrogen and oxygen atoms in total. The number of nitrogens with zero attached hydrogens (tertiary/aromatic N) is 2. The number of thiophene rings is 1. The van der Waals surface area contributed by atoms with Crippen LogP contribution in [0.25, 0.3) is 10.2 Å². The molecule has 20 heavy (non-hydrogen) atoms. The van der Waals surface area contributed by atoms with Gasteiger partial charge in [-0.25, -0.2) is 14.8 Å². The predicted octanol–water partition coefficient (Wildman–Crippen LogP) is 3.16. The van der Waals surface area contributed by atoms with Gasteiger partial charge in [0.05, 0.1) is 5.39 Å². The lowest BCUT2D eigenvalue weighted by molar-refractivity contribution is -0.139. The molecule has 0 aliphatic rings. The highest BCUT2D eigenvalue weighted by molar-refractivity contribution is 7.18. The van der Waals surface area contributed by atoms with E-state index in [1.54, 1.807) is 11.3 Å². The van der Waals surface area contributed by atoms with Crippen molar-refractivity contribution in [1.29, 1.82) is 0 Å². The number of aromatic nitrogens is 2. The summed E-state index contributed by atoms with van der Waals surface area (Å²) in [6, 6.07) is 1.40. The lowest BCUT2D eigenvalue weighted by Crippen LogP contribution is -2.35. The number of carboxylic acids is 1. The van der Waals surface area contributed by atoms with Crippen LogP contribution in [0.4, 0.5) is 5.82 Å². The first-order chi connectivity index (χ1) is 9.56. The Morgan fingerprint density at radius 3 is 2.80 bits per heavy atom. The maximum Gasteiger partial charge on any atom is 0.326 e. The van der Waals surface area contributed by atoms with E-state index in [-0.39, 0.29) is 5.92 Å². The fourth-order valence-electron chi connectivity index (χ4n) is 2.03. The van der Waals surface area contributed by atoms with E-state index >= 15 is 0 Å². The van der Waals surface area contributed by atoms with Crippen molar-refractivity contribution in [2.24, 2.45) is 5.92 Å². The van der Waals surface area contributed by atoms with Crippen LogP contribution in [-0.4, -0.2) is 27.1 Å². The zero-order chi connectivity index (χ0) is 14.7. The molecule has 2 aromatic rings. The van der Waals surface area contributed by atoms with Gasteiger partial charge in [-0.3, -0.25) is 0 Å². The quantitative estimate of drug-likeness (QED) is 0.855. The minimum absolute atomic E-state index is 0.0294.